The van der Waals surface area contributed by atoms with Crippen LogP contribution in [-0.4, -0.2) is 27.3 Å². The molecule has 1 aromatic heterocycles. The van der Waals surface area contributed by atoms with Gasteiger partial charge in [-0.05, 0) is 41.8 Å². The predicted molar refractivity (Wildman–Crippen MR) is 102 cm³/mol. The van der Waals surface area contributed by atoms with E-state index in [2.05, 4.69) is 21.4 Å². The van der Waals surface area contributed by atoms with Crippen LogP contribution < -0.4 is 5.32 Å². The SMILES string of the molecule is O=C(c1ccnc(Nc2cccc(C(F)(F)F)c2)n1)N1CCc2ccccc2C1. The molecule has 0 fully saturated rings. The second-order valence-electron chi connectivity index (χ2n) is 6.71. The first kappa shape index (κ1) is 18.9. The van der Waals surface area contributed by atoms with E-state index in [0.29, 0.717) is 13.1 Å². The molecule has 1 N–H and O–H groups in total. The van der Waals surface area contributed by atoms with Gasteiger partial charge in [0.15, 0.2) is 0 Å². The van der Waals surface area contributed by atoms with E-state index in [0.717, 1.165) is 24.1 Å². The van der Waals surface area contributed by atoms with Crippen LogP contribution in [0.1, 0.15) is 27.2 Å². The molecule has 148 valence electrons. The van der Waals surface area contributed by atoms with Gasteiger partial charge in [0.05, 0.1) is 5.56 Å². The third-order valence-electron chi connectivity index (χ3n) is 4.74. The Labute approximate surface area is 165 Å². The molecule has 0 unspecified atom stereocenters. The molecule has 0 radical (unpaired) electrons. The molecule has 1 amide bonds. The maximum Gasteiger partial charge on any atom is 0.416 e. The fourth-order valence-corrected chi connectivity index (χ4v) is 3.27. The van der Waals surface area contributed by atoms with E-state index in [1.165, 1.54) is 30.0 Å². The summed E-state index contributed by atoms with van der Waals surface area (Å²) >= 11 is 0. The van der Waals surface area contributed by atoms with Gasteiger partial charge in [0.2, 0.25) is 5.95 Å². The number of halogens is 3. The molecule has 1 aliphatic rings. The van der Waals surface area contributed by atoms with Gasteiger partial charge < -0.3 is 10.2 Å². The van der Waals surface area contributed by atoms with Crippen molar-refractivity contribution in [2.24, 2.45) is 0 Å². The smallest absolute Gasteiger partial charge is 0.333 e. The van der Waals surface area contributed by atoms with Crippen LogP contribution in [0.2, 0.25) is 0 Å². The molecular formula is C21H17F3N4O. The number of carbonyl (C=O) groups is 1. The van der Waals surface area contributed by atoms with Crippen molar-refractivity contribution in [2.45, 2.75) is 19.1 Å². The third-order valence-corrected chi connectivity index (χ3v) is 4.74. The van der Waals surface area contributed by atoms with Crippen LogP contribution in [0.5, 0.6) is 0 Å². The Morgan fingerprint density at radius 1 is 1.03 bits per heavy atom. The first-order valence-corrected chi connectivity index (χ1v) is 9.03. The number of alkyl halides is 3. The molecule has 2 aromatic carbocycles. The number of hydrogen-bond acceptors (Lipinski definition) is 4. The van der Waals surface area contributed by atoms with Crippen LogP contribution in [0, 0.1) is 0 Å². The van der Waals surface area contributed by atoms with E-state index in [1.54, 1.807) is 4.90 Å². The van der Waals surface area contributed by atoms with Gasteiger partial charge in [-0.2, -0.15) is 13.2 Å². The van der Waals surface area contributed by atoms with Gasteiger partial charge in [-0.15, -0.1) is 0 Å². The fourth-order valence-electron chi connectivity index (χ4n) is 3.27. The van der Waals surface area contributed by atoms with Gasteiger partial charge >= 0.3 is 6.18 Å². The first-order valence-electron chi connectivity index (χ1n) is 9.03. The highest BCUT2D eigenvalue weighted by atomic mass is 19.4. The molecule has 0 saturated carbocycles. The van der Waals surface area contributed by atoms with Crippen molar-refractivity contribution in [1.29, 1.82) is 0 Å². The van der Waals surface area contributed by atoms with E-state index < -0.39 is 11.7 Å². The Morgan fingerprint density at radius 2 is 1.83 bits per heavy atom. The quantitative estimate of drug-likeness (QED) is 0.709. The zero-order chi connectivity index (χ0) is 20.4. The predicted octanol–water partition coefficient (Wildman–Crippen LogP) is 4.44. The van der Waals surface area contributed by atoms with Crippen molar-refractivity contribution < 1.29 is 18.0 Å². The summed E-state index contributed by atoms with van der Waals surface area (Å²) in [4.78, 5) is 22.8. The van der Waals surface area contributed by atoms with Crippen molar-refractivity contribution >= 4 is 17.5 Å². The minimum absolute atomic E-state index is 0.0626. The van der Waals surface area contributed by atoms with Gasteiger partial charge in [-0.25, -0.2) is 9.97 Å². The standard InChI is InChI=1S/C21H17F3N4O/c22-21(23,24)16-6-3-7-17(12-16)26-20-25-10-8-18(27-20)19(29)28-11-9-14-4-1-2-5-15(14)13-28/h1-8,10,12H,9,11,13H2,(H,25,26,27). The Morgan fingerprint density at radius 3 is 2.62 bits per heavy atom. The zero-order valence-corrected chi connectivity index (χ0v) is 15.3. The highest BCUT2D eigenvalue weighted by Gasteiger charge is 2.30. The van der Waals surface area contributed by atoms with Crippen LogP contribution in [0.4, 0.5) is 24.8 Å². The topological polar surface area (TPSA) is 58.1 Å². The Hall–Kier alpha value is -3.42. The van der Waals surface area contributed by atoms with Crippen molar-refractivity contribution in [1.82, 2.24) is 14.9 Å². The maximum atomic E-state index is 12.9. The Bertz CT molecular complexity index is 1050. The number of aromatic nitrogens is 2. The highest BCUT2D eigenvalue weighted by molar-refractivity contribution is 5.92. The molecule has 5 nitrogen and oxygen atoms in total. The van der Waals surface area contributed by atoms with Gasteiger partial charge in [0.1, 0.15) is 5.69 Å². The second-order valence-corrected chi connectivity index (χ2v) is 6.71. The monoisotopic (exact) mass is 398 g/mol. The largest absolute Gasteiger partial charge is 0.416 e. The third kappa shape index (κ3) is 4.21. The van der Waals surface area contributed by atoms with E-state index in [9.17, 15) is 18.0 Å². The summed E-state index contributed by atoms with van der Waals surface area (Å²) in [5.41, 5.74) is 1.93. The lowest BCUT2D eigenvalue weighted by Gasteiger charge is -2.28. The van der Waals surface area contributed by atoms with Gasteiger partial charge in [-0.3, -0.25) is 4.79 Å². The van der Waals surface area contributed by atoms with Crippen LogP contribution in [0.3, 0.4) is 0 Å². The molecule has 2 heterocycles. The summed E-state index contributed by atoms with van der Waals surface area (Å²) in [6.45, 7) is 1.08. The maximum absolute atomic E-state index is 12.9. The molecule has 3 aromatic rings. The summed E-state index contributed by atoms with van der Waals surface area (Å²) in [6, 6.07) is 14.2. The molecule has 0 spiro atoms. The first-order chi connectivity index (χ1) is 13.9. The molecule has 1 aliphatic heterocycles. The average Bonchev–Trinajstić information content (AvgIpc) is 2.72. The number of benzene rings is 2. The number of nitrogens with one attached hydrogen (secondary N) is 1. The van der Waals surface area contributed by atoms with Crippen LogP contribution >= 0.6 is 0 Å². The molecule has 0 bridgehead atoms. The van der Waals surface area contributed by atoms with Crippen LogP contribution in [0.25, 0.3) is 0 Å². The lowest BCUT2D eigenvalue weighted by Crippen LogP contribution is -2.36. The van der Waals surface area contributed by atoms with Gasteiger partial charge in [0, 0.05) is 25.0 Å². The number of hydrogen-bond donors (Lipinski definition) is 1. The average molecular weight is 398 g/mol. The summed E-state index contributed by atoms with van der Waals surface area (Å²) in [6.07, 6.45) is -2.27. The highest BCUT2D eigenvalue weighted by Crippen LogP contribution is 2.31. The molecule has 4 rings (SSSR count). The lowest BCUT2D eigenvalue weighted by atomic mass is 10.00. The number of rotatable bonds is 3. The van der Waals surface area contributed by atoms with E-state index in [-0.39, 0.29) is 23.2 Å². The molecule has 29 heavy (non-hydrogen) atoms. The summed E-state index contributed by atoms with van der Waals surface area (Å²) in [5, 5.41) is 2.74. The van der Waals surface area contributed by atoms with Crippen molar-refractivity contribution in [3.8, 4) is 0 Å². The molecule has 0 saturated heterocycles. The van der Waals surface area contributed by atoms with Crippen LogP contribution in [0.15, 0.2) is 60.8 Å². The Kier molecular flexibility index (Phi) is 4.92. The molecule has 8 heteroatoms. The zero-order valence-electron chi connectivity index (χ0n) is 15.3. The lowest BCUT2D eigenvalue weighted by molar-refractivity contribution is -0.137. The molecule has 0 aliphatic carbocycles. The Balaban J connectivity index is 1.51. The summed E-state index contributed by atoms with van der Waals surface area (Å²) in [7, 11) is 0. The number of amides is 1. The molecule has 0 atom stereocenters. The van der Waals surface area contributed by atoms with Gasteiger partial charge in [0.25, 0.3) is 5.91 Å². The normalized spacial score (nSPS) is 13.7. The minimum atomic E-state index is -4.44. The van der Waals surface area contributed by atoms with Gasteiger partial charge in [-0.1, -0.05) is 30.3 Å². The number of fused-ring (bicyclic) bond motifs is 1. The minimum Gasteiger partial charge on any atom is -0.333 e. The number of carbonyl (C=O) groups excluding carboxylic acids is 1. The van der Waals surface area contributed by atoms with E-state index in [1.807, 2.05) is 18.2 Å². The summed E-state index contributed by atoms with van der Waals surface area (Å²) < 4.78 is 38.6. The van der Waals surface area contributed by atoms with E-state index in [4.69, 9.17) is 0 Å². The second kappa shape index (κ2) is 7.54. The fraction of sp³-hybridized carbons (Fsp3) is 0.190. The van der Waals surface area contributed by atoms with Crippen molar-refractivity contribution in [3.05, 3.63) is 83.2 Å². The number of nitrogens with zero attached hydrogens (tertiary/aromatic N) is 3. The number of anilines is 2. The van der Waals surface area contributed by atoms with Crippen molar-refractivity contribution in [2.75, 3.05) is 11.9 Å². The summed E-state index contributed by atoms with van der Waals surface area (Å²) in [5.74, 6) is -0.179. The van der Waals surface area contributed by atoms with E-state index >= 15 is 0 Å². The molecular weight excluding hydrogens is 381 g/mol. The van der Waals surface area contributed by atoms with Crippen LogP contribution in [-0.2, 0) is 19.1 Å². The van der Waals surface area contributed by atoms with Crippen molar-refractivity contribution in [3.63, 3.8) is 0 Å².